The molecule has 1 aliphatic rings. The minimum Gasteiger partial charge on any atom is -0.361 e. The Bertz CT molecular complexity index is 461. The average Bonchev–Trinajstić information content (AvgIpc) is 2.84. The number of likely N-dealkylation sites (N-methyl/N-ethyl adjacent to an activating group) is 1. The molecule has 0 aromatic carbocycles. The number of carbonyl (C=O) groups is 1. The second-order valence-corrected chi connectivity index (χ2v) is 6.18. The number of rotatable bonds is 6. The van der Waals surface area contributed by atoms with Gasteiger partial charge in [-0.2, -0.15) is 0 Å². The van der Waals surface area contributed by atoms with Gasteiger partial charge in [0.05, 0.1) is 5.69 Å². The van der Waals surface area contributed by atoms with Crippen LogP contribution in [0.1, 0.15) is 49.1 Å². The first-order valence-electron chi connectivity index (χ1n) is 8.21. The zero-order chi connectivity index (χ0) is 15.9. The summed E-state index contributed by atoms with van der Waals surface area (Å²) in [5.41, 5.74) is 1.78. The Labute approximate surface area is 132 Å². The number of hydrogen-bond acceptors (Lipinski definition) is 4. The van der Waals surface area contributed by atoms with Gasteiger partial charge in [-0.3, -0.25) is 0 Å². The van der Waals surface area contributed by atoms with Crippen molar-refractivity contribution in [2.45, 2.75) is 58.5 Å². The minimum atomic E-state index is -0.142. The molecule has 2 rings (SSSR count). The van der Waals surface area contributed by atoms with Crippen LogP contribution in [0.15, 0.2) is 4.52 Å². The van der Waals surface area contributed by atoms with Crippen molar-refractivity contribution in [3.05, 3.63) is 17.0 Å². The third-order valence-electron chi connectivity index (χ3n) is 4.56. The zero-order valence-corrected chi connectivity index (χ0v) is 13.9. The van der Waals surface area contributed by atoms with Gasteiger partial charge in [-0.15, -0.1) is 0 Å². The molecule has 0 saturated heterocycles. The number of nitrogens with one attached hydrogen (secondary N) is 2. The summed E-state index contributed by atoms with van der Waals surface area (Å²) < 4.78 is 5.08. The van der Waals surface area contributed by atoms with Crippen LogP contribution < -0.4 is 10.6 Å². The predicted molar refractivity (Wildman–Crippen MR) is 85.7 cm³/mol. The molecule has 2 N–H and O–H groups in total. The number of carbonyl (C=O) groups excluding carboxylic acids is 1. The zero-order valence-electron chi connectivity index (χ0n) is 13.9. The highest BCUT2D eigenvalue weighted by molar-refractivity contribution is 5.73. The van der Waals surface area contributed by atoms with Gasteiger partial charge in [-0.05, 0) is 33.7 Å². The van der Waals surface area contributed by atoms with Crippen LogP contribution in [0.2, 0.25) is 0 Å². The van der Waals surface area contributed by atoms with Gasteiger partial charge in [0.2, 0.25) is 0 Å². The van der Waals surface area contributed by atoms with Crippen molar-refractivity contribution in [2.24, 2.45) is 0 Å². The monoisotopic (exact) mass is 308 g/mol. The molecular formula is C16H28N4O2. The van der Waals surface area contributed by atoms with Gasteiger partial charge in [-0.25, -0.2) is 4.79 Å². The Morgan fingerprint density at radius 3 is 2.64 bits per heavy atom. The van der Waals surface area contributed by atoms with Crippen molar-refractivity contribution in [3.8, 4) is 0 Å². The predicted octanol–water partition coefficient (Wildman–Crippen LogP) is 2.36. The van der Waals surface area contributed by atoms with Crippen molar-refractivity contribution in [2.75, 3.05) is 20.1 Å². The SMILES string of the molecule is Cc1noc(C)c1CNC(=O)NCCN(C)C1CCCCC1. The summed E-state index contributed by atoms with van der Waals surface area (Å²) in [4.78, 5) is 14.2. The molecule has 0 spiro atoms. The van der Waals surface area contributed by atoms with Crippen LogP contribution in [0.25, 0.3) is 0 Å². The summed E-state index contributed by atoms with van der Waals surface area (Å²) in [6.07, 6.45) is 6.61. The molecule has 0 radical (unpaired) electrons. The number of urea groups is 1. The summed E-state index contributed by atoms with van der Waals surface area (Å²) in [5.74, 6) is 0.759. The summed E-state index contributed by atoms with van der Waals surface area (Å²) in [5, 5.41) is 9.64. The third-order valence-corrected chi connectivity index (χ3v) is 4.56. The molecule has 6 nitrogen and oxygen atoms in total. The topological polar surface area (TPSA) is 70.4 Å². The van der Waals surface area contributed by atoms with Crippen molar-refractivity contribution in [1.82, 2.24) is 20.7 Å². The lowest BCUT2D eigenvalue weighted by Crippen LogP contribution is -2.42. The number of hydrogen-bond donors (Lipinski definition) is 2. The number of nitrogens with zero attached hydrogens (tertiary/aromatic N) is 2. The van der Waals surface area contributed by atoms with Crippen molar-refractivity contribution < 1.29 is 9.32 Å². The number of aryl methyl sites for hydroxylation is 2. The van der Waals surface area contributed by atoms with Crippen molar-refractivity contribution in [3.63, 3.8) is 0 Å². The smallest absolute Gasteiger partial charge is 0.315 e. The highest BCUT2D eigenvalue weighted by atomic mass is 16.5. The van der Waals surface area contributed by atoms with E-state index in [-0.39, 0.29) is 6.03 Å². The maximum absolute atomic E-state index is 11.8. The first-order valence-corrected chi connectivity index (χ1v) is 8.21. The lowest BCUT2D eigenvalue weighted by molar-refractivity contribution is 0.191. The van der Waals surface area contributed by atoms with E-state index in [1.54, 1.807) is 0 Å². The molecule has 1 fully saturated rings. The highest BCUT2D eigenvalue weighted by Crippen LogP contribution is 2.21. The molecule has 0 atom stereocenters. The summed E-state index contributed by atoms with van der Waals surface area (Å²) in [6.45, 7) is 5.74. The van der Waals surface area contributed by atoms with Crippen LogP contribution in [0.3, 0.4) is 0 Å². The number of aromatic nitrogens is 1. The molecule has 124 valence electrons. The molecule has 1 heterocycles. The van der Waals surface area contributed by atoms with Crippen LogP contribution in [0, 0.1) is 13.8 Å². The van der Waals surface area contributed by atoms with E-state index in [4.69, 9.17) is 4.52 Å². The normalized spacial score (nSPS) is 16.0. The minimum absolute atomic E-state index is 0.142. The van der Waals surface area contributed by atoms with Gasteiger partial charge in [-0.1, -0.05) is 24.4 Å². The molecule has 22 heavy (non-hydrogen) atoms. The van der Waals surface area contributed by atoms with E-state index in [1.165, 1.54) is 32.1 Å². The highest BCUT2D eigenvalue weighted by Gasteiger charge is 2.17. The summed E-state index contributed by atoms with van der Waals surface area (Å²) in [7, 11) is 2.15. The van der Waals surface area contributed by atoms with E-state index in [1.807, 2.05) is 13.8 Å². The molecule has 1 aromatic heterocycles. The van der Waals surface area contributed by atoms with Crippen LogP contribution in [-0.2, 0) is 6.54 Å². The molecule has 0 unspecified atom stereocenters. The quantitative estimate of drug-likeness (QED) is 0.846. The molecular weight excluding hydrogens is 280 g/mol. The van der Waals surface area contributed by atoms with Gasteiger partial charge in [0.1, 0.15) is 5.76 Å². The molecule has 1 aromatic rings. The Balaban J connectivity index is 1.63. The van der Waals surface area contributed by atoms with Crippen LogP contribution >= 0.6 is 0 Å². The number of amides is 2. The second kappa shape index (κ2) is 8.17. The Morgan fingerprint density at radius 1 is 1.27 bits per heavy atom. The van der Waals surface area contributed by atoms with E-state index >= 15 is 0 Å². The van der Waals surface area contributed by atoms with Gasteiger partial charge in [0, 0.05) is 31.2 Å². The molecule has 1 aliphatic carbocycles. The fourth-order valence-electron chi connectivity index (χ4n) is 3.04. The Morgan fingerprint density at radius 2 is 2.00 bits per heavy atom. The fraction of sp³-hybridized carbons (Fsp3) is 0.750. The molecule has 0 bridgehead atoms. The summed E-state index contributed by atoms with van der Waals surface area (Å²) in [6, 6.07) is 0.540. The van der Waals surface area contributed by atoms with E-state index in [0.717, 1.165) is 23.6 Å². The van der Waals surface area contributed by atoms with E-state index in [2.05, 4.69) is 27.7 Å². The maximum Gasteiger partial charge on any atom is 0.315 e. The van der Waals surface area contributed by atoms with Crippen molar-refractivity contribution in [1.29, 1.82) is 0 Å². The van der Waals surface area contributed by atoms with E-state index in [0.29, 0.717) is 19.1 Å². The van der Waals surface area contributed by atoms with Crippen LogP contribution in [0.4, 0.5) is 4.79 Å². The van der Waals surface area contributed by atoms with Crippen LogP contribution in [0.5, 0.6) is 0 Å². The Hall–Kier alpha value is -1.56. The largest absolute Gasteiger partial charge is 0.361 e. The lowest BCUT2D eigenvalue weighted by atomic mass is 9.94. The maximum atomic E-state index is 11.8. The second-order valence-electron chi connectivity index (χ2n) is 6.18. The van der Waals surface area contributed by atoms with Crippen LogP contribution in [-0.4, -0.2) is 42.3 Å². The average molecular weight is 308 g/mol. The molecule has 1 saturated carbocycles. The van der Waals surface area contributed by atoms with Crippen molar-refractivity contribution >= 4 is 6.03 Å². The fourth-order valence-corrected chi connectivity index (χ4v) is 3.04. The first-order chi connectivity index (χ1) is 10.6. The van der Waals surface area contributed by atoms with E-state index < -0.39 is 0 Å². The summed E-state index contributed by atoms with van der Waals surface area (Å²) >= 11 is 0. The first kappa shape index (κ1) is 16.8. The Kier molecular flexibility index (Phi) is 6.24. The van der Waals surface area contributed by atoms with Gasteiger partial charge in [0.15, 0.2) is 0 Å². The third kappa shape index (κ3) is 4.73. The van der Waals surface area contributed by atoms with Gasteiger partial charge in [0.25, 0.3) is 0 Å². The molecule has 0 aliphatic heterocycles. The van der Waals surface area contributed by atoms with E-state index in [9.17, 15) is 4.79 Å². The molecule has 2 amide bonds. The van der Waals surface area contributed by atoms with Gasteiger partial charge >= 0.3 is 6.03 Å². The standard InChI is InChI=1S/C16H28N4O2/c1-12-15(13(2)22-19-12)11-18-16(21)17-9-10-20(3)14-7-5-4-6-8-14/h14H,4-11H2,1-3H3,(H2,17,18,21). The lowest BCUT2D eigenvalue weighted by Gasteiger charge is -2.31. The van der Waals surface area contributed by atoms with Gasteiger partial charge < -0.3 is 20.1 Å². The molecule has 6 heteroatoms.